The molecule has 2 aromatic heterocycles. The molecular weight excluding hydrogens is 551 g/mol. The quantitative estimate of drug-likeness (QED) is 0.181. The van der Waals surface area contributed by atoms with Gasteiger partial charge >= 0.3 is 0 Å². The summed E-state index contributed by atoms with van der Waals surface area (Å²) < 4.78 is 5.16. The van der Waals surface area contributed by atoms with Crippen molar-refractivity contribution in [1.29, 1.82) is 0 Å². The maximum Gasteiger partial charge on any atom is 0.0619 e. The Hall–Kier alpha value is -5.44. The molecule has 0 N–H and O–H groups in total. The van der Waals surface area contributed by atoms with E-state index in [1.165, 1.54) is 91.1 Å². The largest absolute Gasteiger partial charge is 0.309 e. The van der Waals surface area contributed by atoms with Gasteiger partial charge in [-0.3, -0.25) is 0 Å². The Morgan fingerprint density at radius 2 is 0.955 bits per heavy atom. The first-order chi connectivity index (χ1) is 21.8. The summed E-state index contributed by atoms with van der Waals surface area (Å²) in [5.41, 5.74) is 6.15. The number of hydrogen-bond acceptors (Lipinski definition) is 1. The summed E-state index contributed by atoms with van der Waals surface area (Å²) in [5.74, 6) is 0. The van der Waals surface area contributed by atoms with Crippen LogP contribution >= 0.6 is 11.3 Å². The maximum absolute atomic E-state index is 2.49. The number of rotatable bonds is 2. The van der Waals surface area contributed by atoms with Crippen molar-refractivity contribution in [2.75, 3.05) is 0 Å². The molecule has 10 aromatic rings. The summed E-state index contributed by atoms with van der Waals surface area (Å²) in [6.07, 6.45) is 0. The van der Waals surface area contributed by atoms with Crippen LogP contribution in [-0.2, 0) is 0 Å². The Morgan fingerprint density at radius 3 is 1.84 bits per heavy atom. The lowest BCUT2D eigenvalue weighted by atomic mass is 10.0. The third-order valence-electron chi connectivity index (χ3n) is 9.35. The number of benzene rings is 8. The first-order valence-electron chi connectivity index (χ1n) is 15.1. The Kier molecular flexibility index (Phi) is 4.94. The SMILES string of the molecule is c1ccc2c(c1)ccc1cc(-n3c4cc(-c5ccc6c(c5)sc5ccccc56)ccc4c4ccc5ccccc5c43)ccc12. The predicted octanol–water partition coefficient (Wildman–Crippen LogP) is 12.3. The standard InChI is InChI=1S/C42H25NS/c1-3-9-32-26(7-1)13-14-30-23-31(18-22-33(30)32)43-39-24-28(29-17-20-37-36-11-5-6-12-40(36)44-41(37)25-29)16-19-35(39)38-21-15-27-8-2-4-10-34(27)42(38)43/h1-25H. The lowest BCUT2D eigenvalue weighted by molar-refractivity contribution is 1.19. The molecule has 0 atom stereocenters. The average Bonchev–Trinajstić information content (AvgIpc) is 3.63. The van der Waals surface area contributed by atoms with E-state index in [2.05, 4.69) is 156 Å². The van der Waals surface area contributed by atoms with Gasteiger partial charge in [-0.2, -0.15) is 0 Å². The van der Waals surface area contributed by atoms with Gasteiger partial charge < -0.3 is 4.57 Å². The molecule has 0 unspecified atom stereocenters. The van der Waals surface area contributed by atoms with Crippen LogP contribution in [0.15, 0.2) is 152 Å². The second kappa shape index (κ2) is 9.03. The third-order valence-corrected chi connectivity index (χ3v) is 10.5. The molecule has 0 spiro atoms. The van der Waals surface area contributed by atoms with Crippen LogP contribution in [0.3, 0.4) is 0 Å². The molecule has 1 nitrogen and oxygen atoms in total. The van der Waals surface area contributed by atoms with Gasteiger partial charge in [0.05, 0.1) is 11.0 Å². The summed E-state index contributed by atoms with van der Waals surface area (Å²) in [5, 5.41) is 12.9. The van der Waals surface area contributed by atoms with Gasteiger partial charge in [0.25, 0.3) is 0 Å². The fraction of sp³-hybridized carbons (Fsp3) is 0. The van der Waals surface area contributed by atoms with Crippen molar-refractivity contribution in [3.63, 3.8) is 0 Å². The zero-order valence-corrected chi connectivity index (χ0v) is 24.6. The Balaban J connectivity index is 1.26. The lowest BCUT2D eigenvalue weighted by Gasteiger charge is -2.13. The molecule has 0 aliphatic carbocycles. The van der Waals surface area contributed by atoms with Crippen LogP contribution in [0.25, 0.3) is 91.1 Å². The maximum atomic E-state index is 2.49. The number of thiophene rings is 1. The van der Waals surface area contributed by atoms with Crippen molar-refractivity contribution >= 4 is 85.6 Å². The van der Waals surface area contributed by atoms with E-state index in [9.17, 15) is 0 Å². The topological polar surface area (TPSA) is 4.93 Å². The zero-order valence-electron chi connectivity index (χ0n) is 23.8. The summed E-state index contributed by atoms with van der Waals surface area (Å²) in [4.78, 5) is 0. The molecular formula is C42H25NS. The number of fused-ring (bicyclic) bond motifs is 11. The molecule has 0 saturated carbocycles. The highest BCUT2D eigenvalue weighted by molar-refractivity contribution is 7.25. The van der Waals surface area contributed by atoms with E-state index in [-0.39, 0.29) is 0 Å². The second-order valence-electron chi connectivity index (χ2n) is 11.8. The lowest BCUT2D eigenvalue weighted by Crippen LogP contribution is -1.95. The molecule has 10 rings (SSSR count). The van der Waals surface area contributed by atoms with Crippen LogP contribution in [0.1, 0.15) is 0 Å². The molecule has 2 heterocycles. The van der Waals surface area contributed by atoms with Crippen LogP contribution in [0.5, 0.6) is 0 Å². The van der Waals surface area contributed by atoms with Crippen LogP contribution < -0.4 is 0 Å². The normalized spacial score (nSPS) is 12.1. The van der Waals surface area contributed by atoms with Crippen molar-refractivity contribution in [1.82, 2.24) is 4.57 Å². The molecule has 2 heteroatoms. The first-order valence-corrected chi connectivity index (χ1v) is 15.9. The molecule has 44 heavy (non-hydrogen) atoms. The number of aromatic nitrogens is 1. The molecule has 8 aromatic carbocycles. The van der Waals surface area contributed by atoms with Crippen molar-refractivity contribution in [3.05, 3.63) is 152 Å². The van der Waals surface area contributed by atoms with E-state index in [1.54, 1.807) is 0 Å². The van der Waals surface area contributed by atoms with E-state index in [0.717, 1.165) is 0 Å². The number of hydrogen-bond donors (Lipinski definition) is 0. The molecule has 0 amide bonds. The fourth-order valence-electron chi connectivity index (χ4n) is 7.27. The van der Waals surface area contributed by atoms with Gasteiger partial charge in [0, 0.05) is 42.0 Å². The van der Waals surface area contributed by atoms with Gasteiger partial charge in [0.1, 0.15) is 0 Å². The van der Waals surface area contributed by atoms with Gasteiger partial charge in [-0.25, -0.2) is 0 Å². The fourth-order valence-corrected chi connectivity index (χ4v) is 8.42. The van der Waals surface area contributed by atoms with E-state index < -0.39 is 0 Å². The van der Waals surface area contributed by atoms with E-state index in [0.29, 0.717) is 0 Å². The molecule has 0 fully saturated rings. The van der Waals surface area contributed by atoms with Crippen molar-refractivity contribution < 1.29 is 0 Å². The molecule has 0 aliphatic heterocycles. The third kappa shape index (κ3) is 3.40. The van der Waals surface area contributed by atoms with Crippen LogP contribution in [0, 0.1) is 0 Å². The molecule has 0 radical (unpaired) electrons. The van der Waals surface area contributed by atoms with Crippen molar-refractivity contribution in [3.8, 4) is 16.8 Å². The summed E-state index contributed by atoms with van der Waals surface area (Å²) >= 11 is 1.88. The predicted molar refractivity (Wildman–Crippen MR) is 192 cm³/mol. The highest BCUT2D eigenvalue weighted by Crippen LogP contribution is 2.41. The Labute approximate surface area is 257 Å². The zero-order chi connectivity index (χ0) is 28.8. The monoisotopic (exact) mass is 575 g/mol. The minimum absolute atomic E-state index is 1.18. The van der Waals surface area contributed by atoms with Crippen molar-refractivity contribution in [2.45, 2.75) is 0 Å². The van der Waals surface area contributed by atoms with Gasteiger partial charge in [-0.15, -0.1) is 11.3 Å². The summed E-state index contributed by atoms with van der Waals surface area (Å²) in [6.45, 7) is 0. The minimum Gasteiger partial charge on any atom is -0.309 e. The van der Waals surface area contributed by atoms with Gasteiger partial charge in [-0.1, -0.05) is 121 Å². The van der Waals surface area contributed by atoms with E-state index in [4.69, 9.17) is 0 Å². The van der Waals surface area contributed by atoms with Crippen LogP contribution in [0.2, 0.25) is 0 Å². The van der Waals surface area contributed by atoms with Gasteiger partial charge in [0.15, 0.2) is 0 Å². The Morgan fingerprint density at radius 1 is 0.364 bits per heavy atom. The molecule has 204 valence electrons. The summed E-state index contributed by atoms with van der Waals surface area (Å²) in [6, 6.07) is 56.1. The average molecular weight is 576 g/mol. The smallest absolute Gasteiger partial charge is 0.0619 e. The first kappa shape index (κ1) is 24.0. The van der Waals surface area contributed by atoms with E-state index >= 15 is 0 Å². The summed E-state index contributed by atoms with van der Waals surface area (Å²) in [7, 11) is 0. The number of nitrogens with zero attached hydrogens (tertiary/aromatic N) is 1. The Bertz CT molecular complexity index is 2780. The second-order valence-corrected chi connectivity index (χ2v) is 12.8. The van der Waals surface area contributed by atoms with Crippen molar-refractivity contribution in [2.24, 2.45) is 0 Å². The van der Waals surface area contributed by atoms with Crippen LogP contribution in [-0.4, -0.2) is 4.57 Å². The highest BCUT2D eigenvalue weighted by Gasteiger charge is 2.17. The molecule has 0 saturated heterocycles. The minimum atomic E-state index is 1.18. The highest BCUT2D eigenvalue weighted by atomic mass is 32.1. The van der Waals surface area contributed by atoms with Gasteiger partial charge in [0.2, 0.25) is 0 Å². The van der Waals surface area contributed by atoms with Gasteiger partial charge in [-0.05, 0) is 68.4 Å². The molecule has 0 aliphatic rings. The van der Waals surface area contributed by atoms with Crippen LogP contribution in [0.4, 0.5) is 0 Å². The van der Waals surface area contributed by atoms with E-state index in [1.807, 2.05) is 11.3 Å². The molecule has 0 bridgehead atoms.